The number of benzene rings is 3. The molecule has 1 heterocycles. The van der Waals surface area contributed by atoms with E-state index in [0.29, 0.717) is 34.0 Å². The second kappa shape index (κ2) is 12.1. The Morgan fingerprint density at radius 3 is 2.31 bits per heavy atom. The van der Waals surface area contributed by atoms with Crippen LogP contribution in [0.4, 0.5) is 0 Å². The van der Waals surface area contributed by atoms with Crippen LogP contribution in [0.5, 0.6) is 0 Å². The number of carbonyl (C=O) groups is 1. The van der Waals surface area contributed by atoms with E-state index in [0.717, 1.165) is 35.6 Å². The van der Waals surface area contributed by atoms with Gasteiger partial charge in [0, 0.05) is 33.5 Å². The Balaban J connectivity index is 1.99. The second-order valence-corrected chi connectivity index (χ2v) is 12.6. The lowest BCUT2D eigenvalue weighted by molar-refractivity contribution is 0.103. The molecule has 4 aromatic rings. The molecule has 4 rings (SSSR count). The van der Waals surface area contributed by atoms with Gasteiger partial charge in [-0.05, 0) is 59.7 Å². The van der Waals surface area contributed by atoms with Gasteiger partial charge in [0.1, 0.15) is 5.69 Å². The Hall–Kier alpha value is -3.49. The minimum atomic E-state index is -3.37. The Labute approximate surface area is 237 Å². The molecule has 6 nitrogen and oxygen atoms in total. The highest BCUT2D eigenvalue weighted by atomic mass is 79.9. The average Bonchev–Trinajstić information content (AvgIpc) is 2.90. The molecule has 2 N–H and O–H groups in total. The smallest absolute Gasteiger partial charge is 0.259 e. The van der Waals surface area contributed by atoms with Gasteiger partial charge in [-0.25, -0.2) is 8.42 Å². The van der Waals surface area contributed by atoms with E-state index >= 15 is 0 Å². The summed E-state index contributed by atoms with van der Waals surface area (Å²) in [5.41, 5.74) is 8.78. The molecule has 0 bridgehead atoms. The van der Waals surface area contributed by atoms with Crippen molar-refractivity contribution in [2.45, 2.75) is 44.0 Å². The van der Waals surface area contributed by atoms with E-state index < -0.39 is 9.84 Å². The number of unbranched alkanes of at least 4 members (excludes halogenated alkanes) is 2. The molecule has 0 aliphatic heterocycles. The fourth-order valence-electron chi connectivity index (χ4n) is 4.64. The molecule has 0 fully saturated rings. The molecular formula is C31H31BrN2O4S. The van der Waals surface area contributed by atoms with Crippen molar-refractivity contribution in [2.24, 2.45) is 5.73 Å². The SMILES string of the molecule is CCCCC/C(N)=C/C(=O)c1c(-c2ccccc2)c2cc(Br)ccc2c(=O)n1Cc1ccc(S(C)(=O)=O)cc1. The third kappa shape index (κ3) is 6.57. The largest absolute Gasteiger partial charge is 0.402 e. The maximum absolute atomic E-state index is 14.0. The van der Waals surface area contributed by atoms with E-state index in [4.69, 9.17) is 5.73 Å². The maximum atomic E-state index is 14.0. The Bertz CT molecular complexity index is 1710. The molecule has 0 aliphatic carbocycles. The number of pyridine rings is 1. The first kappa shape index (κ1) is 28.5. The van der Waals surface area contributed by atoms with Crippen molar-refractivity contribution in [1.29, 1.82) is 0 Å². The van der Waals surface area contributed by atoms with Gasteiger partial charge in [-0.3, -0.25) is 14.2 Å². The van der Waals surface area contributed by atoms with E-state index in [-0.39, 0.29) is 28.5 Å². The van der Waals surface area contributed by atoms with Crippen LogP contribution >= 0.6 is 15.9 Å². The summed E-state index contributed by atoms with van der Waals surface area (Å²) in [5, 5.41) is 1.13. The standard InChI is InChI=1S/C31H31BrN2O4S/c1-3-4-6-11-24(33)19-28(35)30-29(22-9-7-5-8-10-22)27-18-23(32)14-17-26(27)31(36)34(30)20-21-12-15-25(16-13-21)39(2,37)38/h5,7-10,12-19H,3-4,6,11,20,33H2,1-2H3/b24-19-. The molecule has 0 aliphatic rings. The lowest BCUT2D eigenvalue weighted by Crippen LogP contribution is -2.28. The van der Waals surface area contributed by atoms with Crippen LogP contribution in [-0.4, -0.2) is 25.0 Å². The zero-order chi connectivity index (χ0) is 28.2. The number of nitrogens with two attached hydrogens (primary N) is 1. The van der Waals surface area contributed by atoms with Crippen molar-refractivity contribution in [3.05, 3.63) is 111 Å². The van der Waals surface area contributed by atoms with Crippen molar-refractivity contribution >= 4 is 42.3 Å². The zero-order valence-corrected chi connectivity index (χ0v) is 24.4. The molecule has 0 spiro atoms. The third-order valence-electron chi connectivity index (χ3n) is 6.61. The lowest BCUT2D eigenvalue weighted by Gasteiger charge is -2.19. The van der Waals surface area contributed by atoms with Crippen molar-refractivity contribution in [3.8, 4) is 11.1 Å². The third-order valence-corrected chi connectivity index (χ3v) is 8.23. The van der Waals surface area contributed by atoms with Crippen molar-refractivity contribution in [1.82, 2.24) is 4.57 Å². The summed E-state index contributed by atoms with van der Waals surface area (Å²) in [6, 6.07) is 21.3. The highest BCUT2D eigenvalue weighted by Gasteiger charge is 2.23. The molecule has 0 amide bonds. The Morgan fingerprint density at radius 1 is 0.974 bits per heavy atom. The lowest BCUT2D eigenvalue weighted by atomic mass is 9.94. The monoisotopic (exact) mass is 606 g/mol. The summed E-state index contributed by atoms with van der Waals surface area (Å²) in [4.78, 5) is 28.1. The Kier molecular flexibility index (Phi) is 8.87. The van der Waals surface area contributed by atoms with Crippen molar-refractivity contribution < 1.29 is 13.2 Å². The van der Waals surface area contributed by atoms with Crippen LogP contribution in [0.25, 0.3) is 21.9 Å². The number of ketones is 1. The predicted molar refractivity (Wildman–Crippen MR) is 161 cm³/mol. The number of fused-ring (bicyclic) bond motifs is 1. The van der Waals surface area contributed by atoms with Gasteiger partial charge < -0.3 is 5.73 Å². The number of sulfone groups is 1. The molecule has 202 valence electrons. The molecule has 0 saturated heterocycles. The summed E-state index contributed by atoms with van der Waals surface area (Å²) in [5.74, 6) is -0.352. The van der Waals surface area contributed by atoms with Crippen LogP contribution in [0, 0.1) is 0 Å². The summed E-state index contributed by atoms with van der Waals surface area (Å²) >= 11 is 3.52. The molecular weight excluding hydrogens is 576 g/mol. The summed E-state index contributed by atoms with van der Waals surface area (Å²) in [6.45, 7) is 2.19. The van der Waals surface area contributed by atoms with Crippen molar-refractivity contribution in [3.63, 3.8) is 0 Å². The topological polar surface area (TPSA) is 99.2 Å². The van der Waals surface area contributed by atoms with Gasteiger partial charge in [0.15, 0.2) is 9.84 Å². The number of hydrogen-bond donors (Lipinski definition) is 1. The molecule has 39 heavy (non-hydrogen) atoms. The van der Waals surface area contributed by atoms with Gasteiger partial charge in [0.25, 0.3) is 5.56 Å². The average molecular weight is 608 g/mol. The quantitative estimate of drug-likeness (QED) is 0.126. The highest BCUT2D eigenvalue weighted by molar-refractivity contribution is 9.10. The van der Waals surface area contributed by atoms with Gasteiger partial charge >= 0.3 is 0 Å². The fraction of sp³-hybridized carbons (Fsp3) is 0.226. The van der Waals surface area contributed by atoms with Gasteiger partial charge in [-0.2, -0.15) is 0 Å². The van der Waals surface area contributed by atoms with Gasteiger partial charge in [-0.15, -0.1) is 0 Å². The summed E-state index contributed by atoms with van der Waals surface area (Å²) in [7, 11) is -3.37. The molecule has 3 aromatic carbocycles. The van der Waals surface area contributed by atoms with E-state index in [9.17, 15) is 18.0 Å². The van der Waals surface area contributed by atoms with Crippen LogP contribution in [0.1, 0.15) is 48.7 Å². The molecule has 0 saturated carbocycles. The van der Waals surface area contributed by atoms with E-state index in [2.05, 4.69) is 22.9 Å². The molecule has 0 atom stereocenters. The number of nitrogens with zero attached hydrogens (tertiary/aromatic N) is 1. The Morgan fingerprint density at radius 2 is 1.67 bits per heavy atom. The van der Waals surface area contributed by atoms with Crippen LogP contribution in [-0.2, 0) is 16.4 Å². The first-order valence-corrected chi connectivity index (χ1v) is 15.5. The predicted octanol–water partition coefficient (Wildman–Crippen LogP) is 6.49. The van der Waals surface area contributed by atoms with Gasteiger partial charge in [0.2, 0.25) is 5.78 Å². The molecule has 0 radical (unpaired) electrons. The zero-order valence-electron chi connectivity index (χ0n) is 22.0. The molecule has 8 heteroatoms. The number of halogens is 1. The second-order valence-electron chi connectivity index (χ2n) is 9.63. The number of aromatic nitrogens is 1. The van der Waals surface area contributed by atoms with E-state index in [1.165, 1.54) is 22.8 Å². The number of hydrogen-bond acceptors (Lipinski definition) is 5. The number of allylic oxidation sites excluding steroid dienone is 2. The minimum absolute atomic E-state index is 0.0827. The minimum Gasteiger partial charge on any atom is -0.402 e. The van der Waals surface area contributed by atoms with E-state index in [1.807, 2.05) is 36.4 Å². The van der Waals surface area contributed by atoms with Crippen LogP contribution < -0.4 is 11.3 Å². The van der Waals surface area contributed by atoms with Crippen LogP contribution in [0.15, 0.2) is 98.7 Å². The number of rotatable bonds is 10. The van der Waals surface area contributed by atoms with E-state index in [1.54, 1.807) is 24.3 Å². The summed E-state index contributed by atoms with van der Waals surface area (Å²) < 4.78 is 26.2. The van der Waals surface area contributed by atoms with Crippen molar-refractivity contribution in [2.75, 3.05) is 6.26 Å². The normalized spacial score (nSPS) is 12.1. The van der Waals surface area contributed by atoms with Crippen LogP contribution in [0.3, 0.4) is 0 Å². The van der Waals surface area contributed by atoms with Gasteiger partial charge in [-0.1, -0.05) is 78.2 Å². The number of carbonyl (C=O) groups excluding carboxylic acids is 1. The maximum Gasteiger partial charge on any atom is 0.259 e. The summed E-state index contributed by atoms with van der Waals surface area (Å²) in [6.07, 6.45) is 6.10. The fourth-order valence-corrected chi connectivity index (χ4v) is 5.63. The molecule has 1 aromatic heterocycles. The highest BCUT2D eigenvalue weighted by Crippen LogP contribution is 2.33. The van der Waals surface area contributed by atoms with Gasteiger partial charge in [0.05, 0.1) is 11.4 Å². The first-order chi connectivity index (χ1) is 18.6. The molecule has 0 unspecified atom stereocenters. The first-order valence-electron chi connectivity index (χ1n) is 12.8. The van der Waals surface area contributed by atoms with Crippen LogP contribution in [0.2, 0.25) is 0 Å².